The summed E-state index contributed by atoms with van der Waals surface area (Å²) < 4.78 is 0. The van der Waals surface area contributed by atoms with E-state index < -0.39 is 0 Å². The van der Waals surface area contributed by atoms with Crippen LogP contribution in [0, 0.1) is 0 Å². The van der Waals surface area contributed by atoms with E-state index in [0.29, 0.717) is 0 Å². The van der Waals surface area contributed by atoms with E-state index in [4.69, 9.17) is 0 Å². The average Bonchev–Trinajstić information content (AvgIpc) is 2.33. The molecule has 0 unspecified atom stereocenters. The van der Waals surface area contributed by atoms with E-state index in [1.165, 1.54) is 4.88 Å². The smallest absolute Gasteiger partial charge is 0.0803 e. The van der Waals surface area contributed by atoms with Gasteiger partial charge in [0.2, 0.25) is 0 Å². The van der Waals surface area contributed by atoms with E-state index >= 15 is 0 Å². The van der Waals surface area contributed by atoms with Gasteiger partial charge in [-0.15, -0.1) is 11.3 Å². The van der Waals surface area contributed by atoms with Crippen molar-refractivity contribution in [3.05, 3.63) is 22.3 Å². The molecule has 2 rings (SSSR count). The van der Waals surface area contributed by atoms with Gasteiger partial charge >= 0.3 is 0 Å². The van der Waals surface area contributed by atoms with Crippen LogP contribution in [0.15, 0.2) is 11.7 Å². The van der Waals surface area contributed by atoms with Crippen molar-refractivity contribution in [2.75, 3.05) is 7.05 Å². The minimum atomic E-state index is 1.01. The quantitative estimate of drug-likeness (QED) is 0.561. The van der Waals surface area contributed by atoms with Gasteiger partial charge in [0.1, 0.15) is 0 Å². The average molecular weight is 152 g/mol. The van der Waals surface area contributed by atoms with Crippen LogP contribution in [-0.4, -0.2) is 16.9 Å². The van der Waals surface area contributed by atoms with Crippen molar-refractivity contribution < 1.29 is 0 Å². The normalized spacial score (nSPS) is 15.5. The Kier molecular flexibility index (Phi) is 1.24. The lowest BCUT2D eigenvalue weighted by atomic mass is 10.3. The predicted octanol–water partition coefficient (Wildman–Crippen LogP) is 1.56. The van der Waals surface area contributed by atoms with Crippen molar-refractivity contribution in [1.29, 1.82) is 0 Å². The monoisotopic (exact) mass is 152 g/mol. The number of fused-ring (bicyclic) bond motifs is 1. The first kappa shape index (κ1) is 5.92. The van der Waals surface area contributed by atoms with Crippen LogP contribution in [0.4, 0.5) is 0 Å². The van der Waals surface area contributed by atoms with Gasteiger partial charge in [-0.1, -0.05) is 0 Å². The summed E-state index contributed by atoms with van der Waals surface area (Å²) in [5.41, 5.74) is 3.04. The maximum absolute atomic E-state index is 4.20. The van der Waals surface area contributed by atoms with Crippen molar-refractivity contribution in [3.8, 4) is 0 Å². The fourth-order valence-corrected chi connectivity index (χ4v) is 1.82. The molecule has 0 saturated heterocycles. The van der Waals surface area contributed by atoms with Crippen LogP contribution in [0.2, 0.25) is 0 Å². The number of rotatable bonds is 0. The highest BCUT2D eigenvalue weighted by Gasteiger charge is 2.08. The van der Waals surface area contributed by atoms with Crippen molar-refractivity contribution in [2.45, 2.75) is 6.54 Å². The second kappa shape index (κ2) is 2.09. The van der Waals surface area contributed by atoms with Crippen LogP contribution in [0.1, 0.15) is 10.6 Å². The van der Waals surface area contributed by atoms with E-state index in [9.17, 15) is 0 Å². The maximum Gasteiger partial charge on any atom is 0.0803 e. The highest BCUT2D eigenvalue weighted by molar-refractivity contribution is 7.09. The summed E-state index contributed by atoms with van der Waals surface area (Å²) in [7, 11) is 2.07. The van der Waals surface area contributed by atoms with Gasteiger partial charge in [0.15, 0.2) is 0 Å². The molecule has 0 saturated carbocycles. The van der Waals surface area contributed by atoms with E-state index in [1.54, 1.807) is 11.3 Å². The standard InChI is InChI=1S/C7H8N2S/c1-9-3-2-6-7(4-9)10-5-8-6/h2-3,5H,4H2,1H3. The second-order valence-corrected chi connectivity index (χ2v) is 3.33. The Labute approximate surface area is 63.8 Å². The summed E-state index contributed by atoms with van der Waals surface area (Å²) in [6, 6.07) is 0. The van der Waals surface area contributed by atoms with E-state index in [0.717, 1.165) is 12.2 Å². The summed E-state index contributed by atoms with van der Waals surface area (Å²) in [6.07, 6.45) is 4.11. The number of nitrogens with zero attached hydrogens (tertiary/aromatic N) is 2. The number of hydrogen-bond donors (Lipinski definition) is 0. The molecule has 0 N–H and O–H groups in total. The van der Waals surface area contributed by atoms with Crippen LogP contribution >= 0.6 is 11.3 Å². The van der Waals surface area contributed by atoms with Crippen molar-refractivity contribution in [3.63, 3.8) is 0 Å². The Hall–Kier alpha value is -0.830. The zero-order valence-corrected chi connectivity index (χ0v) is 6.56. The molecule has 0 aliphatic carbocycles. The molecule has 52 valence electrons. The fraction of sp³-hybridized carbons (Fsp3) is 0.286. The summed E-state index contributed by atoms with van der Waals surface area (Å²) in [5.74, 6) is 0. The Morgan fingerprint density at radius 1 is 1.70 bits per heavy atom. The summed E-state index contributed by atoms with van der Waals surface area (Å²) in [4.78, 5) is 7.72. The Bertz CT molecular complexity index is 264. The minimum Gasteiger partial charge on any atom is -0.375 e. The lowest BCUT2D eigenvalue weighted by Crippen LogP contribution is -2.12. The van der Waals surface area contributed by atoms with Gasteiger partial charge in [0.05, 0.1) is 22.6 Å². The van der Waals surface area contributed by atoms with Gasteiger partial charge in [-0.3, -0.25) is 0 Å². The highest BCUT2D eigenvalue weighted by atomic mass is 32.1. The van der Waals surface area contributed by atoms with Gasteiger partial charge < -0.3 is 4.90 Å². The largest absolute Gasteiger partial charge is 0.375 e. The Morgan fingerprint density at radius 2 is 2.60 bits per heavy atom. The zero-order chi connectivity index (χ0) is 6.97. The van der Waals surface area contributed by atoms with Crippen molar-refractivity contribution in [1.82, 2.24) is 9.88 Å². The molecule has 10 heavy (non-hydrogen) atoms. The van der Waals surface area contributed by atoms with Gasteiger partial charge in [-0.2, -0.15) is 0 Å². The summed E-state index contributed by atoms with van der Waals surface area (Å²) in [6.45, 7) is 1.01. The molecule has 0 spiro atoms. The number of aromatic nitrogens is 1. The third kappa shape index (κ3) is 0.827. The lowest BCUT2D eigenvalue weighted by molar-refractivity contribution is 0.452. The van der Waals surface area contributed by atoms with Gasteiger partial charge in [0, 0.05) is 13.2 Å². The topological polar surface area (TPSA) is 16.1 Å². The highest BCUT2D eigenvalue weighted by Crippen LogP contribution is 2.20. The van der Waals surface area contributed by atoms with Gasteiger partial charge in [-0.05, 0) is 6.08 Å². The first-order chi connectivity index (χ1) is 4.86. The lowest BCUT2D eigenvalue weighted by Gasteiger charge is -2.16. The molecule has 0 radical (unpaired) electrons. The molecule has 1 aromatic heterocycles. The van der Waals surface area contributed by atoms with E-state index in [-0.39, 0.29) is 0 Å². The van der Waals surface area contributed by atoms with Gasteiger partial charge in [-0.25, -0.2) is 4.98 Å². The molecule has 0 fully saturated rings. The molecule has 1 aromatic rings. The SMILES string of the molecule is CN1C=Cc2ncsc2C1. The molecule has 1 aliphatic heterocycles. The van der Waals surface area contributed by atoms with Crippen LogP contribution in [0.5, 0.6) is 0 Å². The number of hydrogen-bond acceptors (Lipinski definition) is 3. The molecule has 2 nitrogen and oxygen atoms in total. The van der Waals surface area contributed by atoms with Crippen molar-refractivity contribution >= 4 is 17.4 Å². The van der Waals surface area contributed by atoms with Crippen LogP contribution in [0.3, 0.4) is 0 Å². The first-order valence-corrected chi connectivity index (χ1v) is 4.05. The minimum absolute atomic E-state index is 1.01. The maximum atomic E-state index is 4.20. The predicted molar refractivity (Wildman–Crippen MR) is 42.6 cm³/mol. The molecular weight excluding hydrogens is 144 g/mol. The molecule has 2 heterocycles. The van der Waals surface area contributed by atoms with Gasteiger partial charge in [0.25, 0.3) is 0 Å². The third-order valence-electron chi connectivity index (χ3n) is 1.55. The molecular formula is C7H8N2S. The molecule has 1 aliphatic rings. The molecule has 0 aromatic carbocycles. The number of thiazole rings is 1. The van der Waals surface area contributed by atoms with E-state index in [2.05, 4.69) is 29.2 Å². The van der Waals surface area contributed by atoms with Crippen molar-refractivity contribution in [2.24, 2.45) is 0 Å². The molecule has 0 bridgehead atoms. The Morgan fingerprint density at radius 3 is 3.50 bits per heavy atom. The first-order valence-electron chi connectivity index (χ1n) is 3.17. The van der Waals surface area contributed by atoms with Crippen LogP contribution in [-0.2, 0) is 6.54 Å². The Balaban J connectivity index is 2.43. The fourth-order valence-electron chi connectivity index (χ4n) is 1.01. The summed E-state index contributed by atoms with van der Waals surface area (Å²) in [5, 5.41) is 0. The summed E-state index contributed by atoms with van der Waals surface area (Å²) >= 11 is 1.73. The molecule has 0 atom stereocenters. The van der Waals surface area contributed by atoms with E-state index in [1.807, 2.05) is 5.51 Å². The third-order valence-corrected chi connectivity index (χ3v) is 2.39. The second-order valence-electron chi connectivity index (χ2n) is 2.39. The molecule has 0 amide bonds. The van der Waals surface area contributed by atoms with Crippen LogP contribution in [0.25, 0.3) is 6.08 Å². The zero-order valence-electron chi connectivity index (χ0n) is 5.74. The molecule has 3 heteroatoms. The van der Waals surface area contributed by atoms with Crippen LogP contribution < -0.4 is 0 Å².